The molecular weight excluding hydrogens is 503 g/mol. The fourth-order valence-electron chi connectivity index (χ4n) is 5.05. The number of carboxylic acids is 1. The van der Waals surface area contributed by atoms with Crippen molar-refractivity contribution in [3.8, 4) is 10.4 Å². The first kappa shape index (κ1) is 25.1. The third-order valence-electron chi connectivity index (χ3n) is 6.90. The highest BCUT2D eigenvalue weighted by Gasteiger charge is 2.42. The molecule has 2 atom stereocenters. The normalized spacial score (nSPS) is 19.6. The van der Waals surface area contributed by atoms with Gasteiger partial charge in [0, 0.05) is 41.1 Å². The number of carbonyl (C=O) groups is 1. The van der Waals surface area contributed by atoms with Gasteiger partial charge in [-0.1, -0.05) is 19.9 Å². The van der Waals surface area contributed by atoms with Crippen LogP contribution >= 0.6 is 11.3 Å². The Morgan fingerprint density at radius 2 is 1.89 bits per heavy atom. The van der Waals surface area contributed by atoms with Crippen LogP contribution in [0.1, 0.15) is 49.7 Å². The summed E-state index contributed by atoms with van der Waals surface area (Å²) in [4.78, 5) is 29.2. The maximum atomic E-state index is 13.0. The number of carboxylic acid groups (broad SMARTS) is 1. The summed E-state index contributed by atoms with van der Waals surface area (Å²) in [6.07, 6.45) is 2.21. The van der Waals surface area contributed by atoms with Crippen LogP contribution in [0.15, 0.2) is 48.9 Å². The van der Waals surface area contributed by atoms with E-state index in [9.17, 15) is 23.1 Å². The zero-order valence-electron chi connectivity index (χ0n) is 20.1. The molecule has 3 heterocycles. The minimum absolute atomic E-state index is 0.155. The van der Waals surface area contributed by atoms with Crippen LogP contribution in [0.25, 0.3) is 21.3 Å². The average Bonchev–Trinajstić information content (AvgIpc) is 3.32. The second-order valence-electron chi connectivity index (χ2n) is 9.90. The zero-order valence-corrected chi connectivity index (χ0v) is 20.9. The largest absolute Gasteiger partial charge is 0.481 e. The number of alkyl halides is 3. The predicted molar refractivity (Wildman–Crippen MR) is 135 cm³/mol. The number of halogens is 3. The number of hydrogen-bond acceptors (Lipinski definition) is 7. The van der Waals surface area contributed by atoms with Crippen LogP contribution in [0.2, 0.25) is 0 Å². The Morgan fingerprint density at radius 1 is 1.11 bits per heavy atom. The molecule has 0 aliphatic heterocycles. The monoisotopic (exact) mass is 527 g/mol. The molecule has 2 unspecified atom stereocenters. The van der Waals surface area contributed by atoms with Crippen molar-refractivity contribution < 1.29 is 23.1 Å². The number of thiazole rings is 1. The van der Waals surface area contributed by atoms with E-state index in [-0.39, 0.29) is 23.2 Å². The second kappa shape index (κ2) is 9.37. The molecule has 2 N–H and O–H groups in total. The Kier molecular flexibility index (Phi) is 6.35. The van der Waals surface area contributed by atoms with Gasteiger partial charge in [-0.15, -0.1) is 11.3 Å². The van der Waals surface area contributed by atoms with Gasteiger partial charge < -0.3 is 10.4 Å². The summed E-state index contributed by atoms with van der Waals surface area (Å²) in [5, 5.41) is 14.3. The Morgan fingerprint density at radius 3 is 2.62 bits per heavy atom. The van der Waals surface area contributed by atoms with Gasteiger partial charge in [-0.05, 0) is 48.9 Å². The first-order chi connectivity index (χ1) is 17.5. The molecule has 7 nitrogen and oxygen atoms in total. The zero-order chi connectivity index (χ0) is 26.4. The van der Waals surface area contributed by atoms with Crippen LogP contribution < -0.4 is 5.32 Å². The number of rotatable bonds is 5. The highest BCUT2D eigenvalue weighted by molar-refractivity contribution is 7.15. The third kappa shape index (κ3) is 5.13. The molecule has 5 rings (SSSR count). The number of nitrogens with one attached hydrogen (secondary N) is 1. The molecule has 192 valence electrons. The summed E-state index contributed by atoms with van der Waals surface area (Å²) in [6, 6.07) is 8.07. The summed E-state index contributed by atoms with van der Waals surface area (Å²) in [6.45, 7) is 4.03. The van der Waals surface area contributed by atoms with Crippen molar-refractivity contribution in [3.05, 3.63) is 59.6 Å². The van der Waals surface area contributed by atoms with Crippen LogP contribution in [-0.2, 0) is 11.0 Å². The topological polar surface area (TPSA) is 101 Å². The molecule has 4 aromatic rings. The molecule has 3 aromatic heterocycles. The van der Waals surface area contributed by atoms with Crippen molar-refractivity contribution in [2.45, 2.75) is 45.2 Å². The lowest BCUT2D eigenvalue weighted by Gasteiger charge is -2.39. The van der Waals surface area contributed by atoms with Crippen LogP contribution in [0.5, 0.6) is 0 Å². The highest BCUT2D eigenvalue weighted by Crippen LogP contribution is 2.48. The lowest BCUT2D eigenvalue weighted by Crippen LogP contribution is -2.36. The predicted octanol–water partition coefficient (Wildman–Crippen LogP) is 6.91. The van der Waals surface area contributed by atoms with Gasteiger partial charge in [0.15, 0.2) is 0 Å². The van der Waals surface area contributed by atoms with Crippen LogP contribution in [0.4, 0.5) is 24.8 Å². The fourth-order valence-corrected chi connectivity index (χ4v) is 6.15. The fraction of sp³-hybridized carbons (Fsp3) is 0.346. The summed E-state index contributed by atoms with van der Waals surface area (Å²) < 4.78 is 38.9. The second-order valence-corrected chi connectivity index (χ2v) is 11.0. The highest BCUT2D eigenvalue weighted by atomic mass is 32.1. The van der Waals surface area contributed by atoms with E-state index >= 15 is 0 Å². The van der Waals surface area contributed by atoms with Crippen LogP contribution in [0.3, 0.4) is 0 Å². The SMILES string of the molecule is CC1(C)CC(c2ncc(-c3ccnc4cc(Nc5nccc(C(F)(F)F)n5)ccc34)s2)CCC1C(=O)O. The smallest absolute Gasteiger partial charge is 0.433 e. The molecule has 0 saturated heterocycles. The van der Waals surface area contributed by atoms with Gasteiger partial charge in [0.05, 0.1) is 21.3 Å². The van der Waals surface area contributed by atoms with E-state index in [1.54, 1.807) is 29.7 Å². The minimum Gasteiger partial charge on any atom is -0.481 e. The van der Waals surface area contributed by atoms with Gasteiger partial charge in [0.1, 0.15) is 5.69 Å². The van der Waals surface area contributed by atoms with E-state index in [1.165, 1.54) is 0 Å². The molecule has 1 aliphatic carbocycles. The van der Waals surface area contributed by atoms with E-state index in [2.05, 4.69) is 25.3 Å². The Balaban J connectivity index is 1.39. The van der Waals surface area contributed by atoms with Gasteiger partial charge in [0.25, 0.3) is 0 Å². The third-order valence-corrected chi connectivity index (χ3v) is 8.09. The van der Waals surface area contributed by atoms with E-state index in [0.717, 1.165) is 45.9 Å². The van der Waals surface area contributed by atoms with Gasteiger partial charge in [-0.2, -0.15) is 13.2 Å². The van der Waals surface area contributed by atoms with Crippen molar-refractivity contribution in [1.29, 1.82) is 0 Å². The van der Waals surface area contributed by atoms with Gasteiger partial charge in [-0.25, -0.2) is 15.0 Å². The average molecular weight is 528 g/mol. The Labute approximate surface area is 214 Å². The molecular formula is C26H24F3N5O2S. The van der Waals surface area contributed by atoms with Crippen LogP contribution in [0, 0.1) is 11.3 Å². The van der Waals surface area contributed by atoms with Gasteiger partial charge >= 0.3 is 12.1 Å². The van der Waals surface area contributed by atoms with E-state index in [1.807, 2.05) is 32.2 Å². The van der Waals surface area contributed by atoms with Crippen molar-refractivity contribution in [1.82, 2.24) is 19.9 Å². The quantitative estimate of drug-likeness (QED) is 0.291. The lowest BCUT2D eigenvalue weighted by molar-refractivity contribution is -0.148. The van der Waals surface area contributed by atoms with Gasteiger partial charge in [-0.3, -0.25) is 9.78 Å². The number of hydrogen-bond donors (Lipinski definition) is 2. The molecule has 1 fully saturated rings. The number of benzene rings is 1. The first-order valence-corrected chi connectivity index (χ1v) is 12.6. The van der Waals surface area contributed by atoms with Crippen molar-refractivity contribution in [3.63, 3.8) is 0 Å². The summed E-state index contributed by atoms with van der Waals surface area (Å²) in [7, 11) is 0. The van der Waals surface area contributed by atoms with E-state index in [0.29, 0.717) is 17.6 Å². The minimum atomic E-state index is -4.56. The maximum Gasteiger partial charge on any atom is 0.433 e. The molecule has 0 bridgehead atoms. The molecule has 1 aliphatic rings. The molecule has 11 heteroatoms. The number of aliphatic carboxylic acids is 1. The standard InChI is InChI=1S/C26H24F3N5O2S/c1-25(2)12-14(3-6-18(25)23(35)36)22-32-13-20(37-22)17-7-9-30-19-11-15(4-5-16(17)19)33-24-31-10-8-21(34-24)26(27,28)29/h4-5,7-11,13-14,18H,3,6,12H2,1-2H3,(H,35,36)(H,31,33,34). The number of aromatic nitrogens is 4. The maximum absolute atomic E-state index is 13.0. The Hall–Kier alpha value is -3.60. The molecule has 0 radical (unpaired) electrons. The summed E-state index contributed by atoms with van der Waals surface area (Å²) in [5.41, 5.74) is 0.795. The molecule has 0 spiro atoms. The van der Waals surface area contributed by atoms with Crippen LogP contribution in [-0.4, -0.2) is 31.0 Å². The van der Waals surface area contributed by atoms with Crippen molar-refractivity contribution in [2.24, 2.45) is 11.3 Å². The molecule has 1 aromatic carbocycles. The first-order valence-electron chi connectivity index (χ1n) is 11.8. The van der Waals surface area contributed by atoms with E-state index in [4.69, 9.17) is 0 Å². The number of anilines is 2. The summed E-state index contributed by atoms with van der Waals surface area (Å²) in [5.74, 6) is -1.03. The van der Waals surface area contributed by atoms with E-state index < -0.39 is 17.8 Å². The van der Waals surface area contributed by atoms with Crippen molar-refractivity contribution in [2.75, 3.05) is 5.32 Å². The number of pyridine rings is 1. The lowest BCUT2D eigenvalue weighted by atomic mass is 9.65. The number of fused-ring (bicyclic) bond motifs is 1. The number of nitrogens with zero attached hydrogens (tertiary/aromatic N) is 4. The summed E-state index contributed by atoms with van der Waals surface area (Å²) >= 11 is 1.60. The van der Waals surface area contributed by atoms with Gasteiger partial charge in [0.2, 0.25) is 5.95 Å². The Bertz CT molecular complexity index is 1470. The molecule has 1 saturated carbocycles. The molecule has 0 amide bonds. The molecule has 37 heavy (non-hydrogen) atoms. The van der Waals surface area contributed by atoms with Crippen molar-refractivity contribution >= 4 is 39.8 Å².